The monoisotopic (exact) mass is 361 g/mol. The fourth-order valence-corrected chi connectivity index (χ4v) is 1.79. The first-order chi connectivity index (χ1) is 10.6. The van der Waals surface area contributed by atoms with E-state index in [4.69, 9.17) is 0 Å². The molecule has 22 heavy (non-hydrogen) atoms. The topological polar surface area (TPSA) is 90.8 Å². The number of nitrogens with zero attached hydrogens (tertiary/aromatic N) is 1. The minimum Gasteiger partial charge on any atom is -0.507 e. The first-order valence-electron chi connectivity index (χ1n) is 6.24. The lowest BCUT2D eigenvalue weighted by Gasteiger charge is -2.03. The van der Waals surface area contributed by atoms with Gasteiger partial charge in [0, 0.05) is 15.7 Å². The molecule has 0 aliphatic rings. The first kappa shape index (κ1) is 15.7. The van der Waals surface area contributed by atoms with E-state index in [1.807, 2.05) is 0 Å². The Morgan fingerprint density at radius 3 is 2.41 bits per heavy atom. The zero-order chi connectivity index (χ0) is 15.9. The van der Waals surface area contributed by atoms with E-state index in [1.165, 1.54) is 12.3 Å². The van der Waals surface area contributed by atoms with Gasteiger partial charge in [0.1, 0.15) is 5.75 Å². The number of benzene rings is 2. The Hall–Kier alpha value is -2.67. The molecule has 0 bridgehead atoms. The van der Waals surface area contributed by atoms with Gasteiger partial charge in [-0.05, 0) is 36.4 Å². The number of halogens is 1. The second kappa shape index (κ2) is 7.37. The van der Waals surface area contributed by atoms with Gasteiger partial charge < -0.3 is 10.4 Å². The first-order valence-corrected chi connectivity index (χ1v) is 7.03. The average molecular weight is 362 g/mol. The highest BCUT2D eigenvalue weighted by Gasteiger charge is 2.12. The molecule has 0 saturated heterocycles. The number of carbonyl (C=O) groups excluding carboxylic acids is 2. The summed E-state index contributed by atoms with van der Waals surface area (Å²) in [6, 6.07) is 13.3. The van der Waals surface area contributed by atoms with Crippen LogP contribution < -0.4 is 10.7 Å². The van der Waals surface area contributed by atoms with Crippen molar-refractivity contribution in [2.45, 2.75) is 0 Å². The molecule has 0 aliphatic heterocycles. The predicted octanol–water partition coefficient (Wildman–Crippen LogP) is 2.24. The summed E-state index contributed by atoms with van der Waals surface area (Å²) < 4.78 is 0.863. The van der Waals surface area contributed by atoms with Crippen molar-refractivity contribution >= 4 is 39.6 Å². The van der Waals surface area contributed by atoms with Gasteiger partial charge in [-0.15, -0.1) is 0 Å². The van der Waals surface area contributed by atoms with E-state index in [0.29, 0.717) is 11.3 Å². The number of aromatic hydroxyl groups is 1. The number of hydrogen-bond acceptors (Lipinski definition) is 4. The molecule has 2 amide bonds. The highest BCUT2D eigenvalue weighted by Crippen LogP contribution is 2.14. The molecule has 2 aromatic rings. The van der Waals surface area contributed by atoms with Crippen LogP contribution >= 0.6 is 15.9 Å². The second-order valence-electron chi connectivity index (χ2n) is 4.22. The minimum absolute atomic E-state index is 0.0276. The Labute approximate surface area is 135 Å². The number of hydrogen-bond donors (Lipinski definition) is 3. The zero-order valence-corrected chi connectivity index (χ0v) is 12.9. The van der Waals surface area contributed by atoms with Crippen molar-refractivity contribution in [3.05, 3.63) is 58.6 Å². The van der Waals surface area contributed by atoms with Crippen LogP contribution in [0.25, 0.3) is 0 Å². The maximum absolute atomic E-state index is 11.6. The smallest absolute Gasteiger partial charge is 0.329 e. The molecule has 0 spiro atoms. The molecule has 7 heteroatoms. The van der Waals surface area contributed by atoms with E-state index in [2.05, 4.69) is 31.8 Å². The third-order valence-corrected chi connectivity index (χ3v) is 3.14. The zero-order valence-electron chi connectivity index (χ0n) is 11.3. The molecule has 6 nitrogen and oxygen atoms in total. The van der Waals surface area contributed by atoms with E-state index < -0.39 is 11.8 Å². The molecule has 112 valence electrons. The standard InChI is InChI=1S/C15H12BrN3O3/c16-11-5-7-12(8-6-11)18-14(21)15(22)19-17-9-10-3-1-2-4-13(10)20/h1-9,20H,(H,18,21)(H,19,22)/b17-9-. The van der Waals surface area contributed by atoms with E-state index in [0.717, 1.165) is 4.47 Å². The molecule has 2 aromatic carbocycles. The third kappa shape index (κ3) is 4.42. The molecule has 2 rings (SSSR count). The summed E-state index contributed by atoms with van der Waals surface area (Å²) in [4.78, 5) is 23.2. The van der Waals surface area contributed by atoms with Crippen molar-refractivity contribution in [1.82, 2.24) is 5.43 Å². The van der Waals surface area contributed by atoms with Crippen LogP contribution in [0.5, 0.6) is 5.75 Å². The molecular formula is C15H12BrN3O3. The fraction of sp³-hybridized carbons (Fsp3) is 0. The van der Waals surface area contributed by atoms with Crippen molar-refractivity contribution in [3.8, 4) is 5.75 Å². The van der Waals surface area contributed by atoms with Crippen molar-refractivity contribution in [2.24, 2.45) is 5.10 Å². The van der Waals surface area contributed by atoms with Gasteiger partial charge in [0.25, 0.3) is 0 Å². The Morgan fingerprint density at radius 2 is 1.73 bits per heavy atom. The normalized spacial score (nSPS) is 10.4. The van der Waals surface area contributed by atoms with Gasteiger partial charge in [0.05, 0.1) is 6.21 Å². The number of anilines is 1. The summed E-state index contributed by atoms with van der Waals surface area (Å²) >= 11 is 3.27. The summed E-state index contributed by atoms with van der Waals surface area (Å²) in [5, 5.41) is 15.6. The molecule has 0 heterocycles. The molecular weight excluding hydrogens is 350 g/mol. The third-order valence-electron chi connectivity index (χ3n) is 2.61. The number of carbonyl (C=O) groups is 2. The largest absolute Gasteiger partial charge is 0.507 e. The van der Waals surface area contributed by atoms with Crippen LogP contribution in [0.3, 0.4) is 0 Å². The maximum atomic E-state index is 11.6. The van der Waals surface area contributed by atoms with Crippen LogP contribution in [0.4, 0.5) is 5.69 Å². The Bertz CT molecular complexity index is 714. The number of nitrogens with one attached hydrogen (secondary N) is 2. The number of hydrazone groups is 1. The summed E-state index contributed by atoms with van der Waals surface area (Å²) in [6.45, 7) is 0. The van der Waals surface area contributed by atoms with E-state index >= 15 is 0 Å². The maximum Gasteiger partial charge on any atom is 0.329 e. The van der Waals surface area contributed by atoms with Crippen molar-refractivity contribution in [2.75, 3.05) is 5.32 Å². The van der Waals surface area contributed by atoms with E-state index in [9.17, 15) is 14.7 Å². The van der Waals surface area contributed by atoms with Crippen LogP contribution in [0.1, 0.15) is 5.56 Å². The van der Waals surface area contributed by atoms with Gasteiger partial charge in [-0.1, -0.05) is 28.1 Å². The quantitative estimate of drug-likeness (QED) is 0.444. The van der Waals surface area contributed by atoms with E-state index in [1.54, 1.807) is 42.5 Å². The molecule has 0 radical (unpaired) electrons. The molecule has 0 fully saturated rings. The number of phenolic OH excluding ortho intramolecular Hbond substituents is 1. The van der Waals surface area contributed by atoms with E-state index in [-0.39, 0.29) is 5.75 Å². The average Bonchev–Trinajstić information content (AvgIpc) is 2.51. The molecule has 0 aromatic heterocycles. The van der Waals surface area contributed by atoms with Gasteiger partial charge >= 0.3 is 11.8 Å². The molecule has 0 aliphatic carbocycles. The van der Waals surface area contributed by atoms with Crippen LogP contribution in [0, 0.1) is 0 Å². The van der Waals surface area contributed by atoms with Crippen LogP contribution in [0.2, 0.25) is 0 Å². The number of phenols is 1. The van der Waals surface area contributed by atoms with Crippen molar-refractivity contribution < 1.29 is 14.7 Å². The van der Waals surface area contributed by atoms with Crippen molar-refractivity contribution in [3.63, 3.8) is 0 Å². The lowest BCUT2D eigenvalue weighted by molar-refractivity contribution is -0.136. The minimum atomic E-state index is -0.908. The van der Waals surface area contributed by atoms with Crippen LogP contribution in [0.15, 0.2) is 58.1 Å². The number of amides is 2. The molecule has 0 atom stereocenters. The lowest BCUT2D eigenvalue weighted by Crippen LogP contribution is -2.32. The highest BCUT2D eigenvalue weighted by molar-refractivity contribution is 9.10. The van der Waals surface area contributed by atoms with Gasteiger partial charge in [-0.25, -0.2) is 5.43 Å². The van der Waals surface area contributed by atoms with Crippen LogP contribution in [-0.2, 0) is 9.59 Å². The molecule has 0 saturated carbocycles. The van der Waals surface area contributed by atoms with Gasteiger partial charge in [0.15, 0.2) is 0 Å². The molecule has 0 unspecified atom stereocenters. The van der Waals surface area contributed by atoms with Gasteiger partial charge in [-0.3, -0.25) is 9.59 Å². The van der Waals surface area contributed by atoms with Gasteiger partial charge in [0.2, 0.25) is 0 Å². The lowest BCUT2D eigenvalue weighted by atomic mass is 10.2. The highest BCUT2D eigenvalue weighted by atomic mass is 79.9. The SMILES string of the molecule is O=C(N/N=C\c1ccccc1O)C(=O)Nc1ccc(Br)cc1. The Kier molecular flexibility index (Phi) is 5.26. The number of rotatable bonds is 3. The predicted molar refractivity (Wildman–Crippen MR) is 86.6 cm³/mol. The summed E-state index contributed by atoms with van der Waals surface area (Å²) in [5.41, 5.74) is 3.01. The van der Waals surface area contributed by atoms with Crippen LogP contribution in [-0.4, -0.2) is 23.1 Å². The second-order valence-corrected chi connectivity index (χ2v) is 5.13. The summed E-state index contributed by atoms with van der Waals surface area (Å²) in [7, 11) is 0. The van der Waals surface area contributed by atoms with Gasteiger partial charge in [-0.2, -0.15) is 5.10 Å². The van der Waals surface area contributed by atoms with Crippen molar-refractivity contribution in [1.29, 1.82) is 0 Å². The molecule has 3 N–H and O–H groups in total. The Balaban J connectivity index is 1.90. The number of para-hydroxylation sites is 1. The fourth-order valence-electron chi connectivity index (χ4n) is 1.53. The summed E-state index contributed by atoms with van der Waals surface area (Å²) in [6.07, 6.45) is 1.25. The summed E-state index contributed by atoms with van der Waals surface area (Å²) in [5.74, 6) is -1.72. The Morgan fingerprint density at radius 1 is 1.05 bits per heavy atom.